The highest BCUT2D eigenvalue weighted by Gasteiger charge is 2.32. The van der Waals surface area contributed by atoms with Gasteiger partial charge in [-0.15, -0.1) is 0 Å². The number of carbonyl (C=O) groups excluding carboxylic acids is 3. The van der Waals surface area contributed by atoms with E-state index in [1.54, 1.807) is 36.4 Å². The van der Waals surface area contributed by atoms with Crippen LogP contribution in [0, 0.1) is 13.8 Å². The number of aromatic hydroxyl groups is 1. The van der Waals surface area contributed by atoms with Gasteiger partial charge in [-0.3, -0.25) is 14.4 Å². The van der Waals surface area contributed by atoms with E-state index in [9.17, 15) is 29.4 Å². The first-order valence-corrected chi connectivity index (χ1v) is 14.5. The number of rotatable bonds is 7. The molecule has 3 amide bonds. The van der Waals surface area contributed by atoms with Crippen LogP contribution in [-0.4, -0.2) is 69.6 Å². The first-order valence-electron chi connectivity index (χ1n) is 12.0. The van der Waals surface area contributed by atoms with Gasteiger partial charge in [-0.25, -0.2) is 4.79 Å². The van der Waals surface area contributed by atoms with Crippen molar-refractivity contribution < 1.29 is 29.4 Å². The predicted octanol–water partition coefficient (Wildman–Crippen LogP) is 1.06. The Labute approximate surface area is 228 Å². The number of carbonyl (C=O) groups is 4. The molecular formula is C26H32N4O6S2. The summed E-state index contributed by atoms with van der Waals surface area (Å²) in [5.74, 6) is -2.55. The van der Waals surface area contributed by atoms with E-state index in [2.05, 4.69) is 16.0 Å². The van der Waals surface area contributed by atoms with Crippen LogP contribution in [0.4, 0.5) is 0 Å². The molecule has 0 aliphatic carbocycles. The van der Waals surface area contributed by atoms with Crippen LogP contribution in [0.3, 0.4) is 0 Å². The highest BCUT2D eigenvalue weighted by molar-refractivity contribution is 8.76. The Morgan fingerprint density at radius 2 is 1.68 bits per heavy atom. The van der Waals surface area contributed by atoms with Gasteiger partial charge in [0.05, 0.1) is 6.04 Å². The lowest BCUT2D eigenvalue weighted by molar-refractivity contribution is -0.141. The first-order chi connectivity index (χ1) is 18.0. The summed E-state index contributed by atoms with van der Waals surface area (Å²) in [6.07, 6.45) is 0.351. The van der Waals surface area contributed by atoms with Gasteiger partial charge >= 0.3 is 5.97 Å². The van der Waals surface area contributed by atoms with Gasteiger partial charge in [-0.1, -0.05) is 51.9 Å². The second-order valence-corrected chi connectivity index (χ2v) is 11.7. The highest BCUT2D eigenvalue weighted by Crippen LogP contribution is 2.24. The SMILES string of the molecule is Cc1cc(O)cc(C)c1C[C@H](N)C(=O)N[C@@H]1CSSC[C@H](C(=O)O)NC(=O)[C@H](Cc2ccccc2)NC1=O. The van der Waals surface area contributed by atoms with E-state index in [1.807, 2.05) is 19.9 Å². The zero-order valence-electron chi connectivity index (χ0n) is 21.1. The van der Waals surface area contributed by atoms with Gasteiger partial charge in [-0.05, 0) is 54.7 Å². The van der Waals surface area contributed by atoms with Crippen LogP contribution in [0.15, 0.2) is 42.5 Å². The van der Waals surface area contributed by atoms with E-state index in [0.29, 0.717) is 0 Å². The van der Waals surface area contributed by atoms with E-state index in [-0.39, 0.29) is 30.1 Å². The molecule has 0 saturated carbocycles. The largest absolute Gasteiger partial charge is 0.508 e. The molecule has 1 aliphatic heterocycles. The molecule has 7 N–H and O–H groups in total. The Hall–Kier alpha value is -3.22. The van der Waals surface area contributed by atoms with E-state index in [1.165, 1.54) is 21.6 Å². The van der Waals surface area contributed by atoms with Crippen LogP contribution in [0.1, 0.15) is 22.3 Å². The van der Waals surface area contributed by atoms with Crippen LogP contribution in [0.5, 0.6) is 5.75 Å². The minimum absolute atomic E-state index is 0.0809. The monoisotopic (exact) mass is 560 g/mol. The molecule has 10 nitrogen and oxygen atoms in total. The van der Waals surface area contributed by atoms with Crippen molar-refractivity contribution in [3.63, 3.8) is 0 Å². The molecule has 1 heterocycles. The van der Waals surface area contributed by atoms with Gasteiger partial charge in [0.15, 0.2) is 0 Å². The van der Waals surface area contributed by atoms with E-state index in [0.717, 1.165) is 22.3 Å². The molecule has 38 heavy (non-hydrogen) atoms. The molecule has 2 aromatic rings. The zero-order valence-corrected chi connectivity index (χ0v) is 22.7. The van der Waals surface area contributed by atoms with Crippen molar-refractivity contribution in [2.24, 2.45) is 5.73 Å². The van der Waals surface area contributed by atoms with Crippen molar-refractivity contribution in [3.8, 4) is 5.75 Å². The Kier molecular flexibility index (Phi) is 10.5. The molecule has 0 aromatic heterocycles. The van der Waals surface area contributed by atoms with Gasteiger partial charge in [-0.2, -0.15) is 0 Å². The van der Waals surface area contributed by atoms with Gasteiger partial charge in [0, 0.05) is 17.9 Å². The standard InChI is InChI=1S/C26H32N4O6S2/c1-14-8-17(31)9-15(2)18(14)11-19(27)23(32)29-21-12-37-38-13-22(26(35)36)30-24(33)20(28-25(21)34)10-16-6-4-3-5-7-16/h3-9,19-22,31H,10-13,27H2,1-2H3,(H,28,34)(H,29,32)(H,30,33)(H,35,36)/t19-,20-,21+,22+/m0/s1. The third-order valence-corrected chi connectivity index (χ3v) is 8.58. The maximum absolute atomic E-state index is 13.3. The number of aryl methyl sites for hydroxylation is 2. The number of benzene rings is 2. The molecule has 0 bridgehead atoms. The quantitative estimate of drug-likeness (QED) is 0.271. The molecule has 1 saturated heterocycles. The fourth-order valence-electron chi connectivity index (χ4n) is 4.08. The molecule has 0 radical (unpaired) electrons. The minimum atomic E-state index is -1.17. The molecular weight excluding hydrogens is 528 g/mol. The fraction of sp³-hybridized carbons (Fsp3) is 0.385. The number of carboxylic acid groups (broad SMARTS) is 1. The average molecular weight is 561 g/mol. The first kappa shape index (κ1) is 29.3. The van der Waals surface area contributed by atoms with Gasteiger partial charge in [0.25, 0.3) is 0 Å². The van der Waals surface area contributed by atoms with Crippen LogP contribution in [0.2, 0.25) is 0 Å². The second kappa shape index (κ2) is 13.5. The van der Waals surface area contributed by atoms with E-state index < -0.39 is 47.9 Å². The molecule has 0 unspecified atom stereocenters. The predicted molar refractivity (Wildman–Crippen MR) is 148 cm³/mol. The van der Waals surface area contributed by atoms with E-state index >= 15 is 0 Å². The average Bonchev–Trinajstić information content (AvgIpc) is 2.88. The molecule has 2 aromatic carbocycles. The Morgan fingerprint density at radius 3 is 2.32 bits per heavy atom. The second-order valence-electron chi connectivity index (χ2n) is 9.15. The number of phenolic OH excluding ortho intramolecular Hbond substituents is 1. The maximum Gasteiger partial charge on any atom is 0.327 e. The van der Waals surface area contributed by atoms with Gasteiger partial charge < -0.3 is 31.9 Å². The van der Waals surface area contributed by atoms with Crippen molar-refractivity contribution in [1.82, 2.24) is 16.0 Å². The highest BCUT2D eigenvalue weighted by atomic mass is 33.1. The summed E-state index contributed by atoms with van der Waals surface area (Å²) in [5.41, 5.74) is 9.41. The summed E-state index contributed by atoms with van der Waals surface area (Å²) in [6, 6.07) is 8.09. The van der Waals surface area contributed by atoms with Crippen molar-refractivity contribution in [1.29, 1.82) is 0 Å². The zero-order chi connectivity index (χ0) is 27.8. The van der Waals surface area contributed by atoms with Crippen LogP contribution in [0.25, 0.3) is 0 Å². The summed E-state index contributed by atoms with van der Waals surface area (Å²) in [5, 5.41) is 27.2. The summed E-state index contributed by atoms with van der Waals surface area (Å²) >= 11 is 0. The summed E-state index contributed by atoms with van der Waals surface area (Å²) in [6.45, 7) is 3.64. The van der Waals surface area contributed by atoms with Crippen molar-refractivity contribution in [2.45, 2.75) is 50.9 Å². The maximum atomic E-state index is 13.3. The minimum Gasteiger partial charge on any atom is -0.508 e. The fourth-order valence-corrected chi connectivity index (χ4v) is 6.40. The van der Waals surface area contributed by atoms with Gasteiger partial charge in [0.2, 0.25) is 17.7 Å². The number of hydrogen-bond acceptors (Lipinski definition) is 8. The molecule has 1 fully saturated rings. The third kappa shape index (κ3) is 8.14. The molecule has 204 valence electrons. The lowest BCUT2D eigenvalue weighted by atomic mass is 9.96. The summed E-state index contributed by atoms with van der Waals surface area (Å²) in [4.78, 5) is 50.9. The number of nitrogens with two attached hydrogens (primary N) is 1. The number of phenols is 1. The number of nitrogens with one attached hydrogen (secondary N) is 3. The normalized spacial score (nSPS) is 21.4. The van der Waals surface area contributed by atoms with Crippen LogP contribution in [-0.2, 0) is 32.0 Å². The number of hydrogen-bond donors (Lipinski definition) is 6. The molecule has 1 aliphatic rings. The molecule has 12 heteroatoms. The Bertz CT molecular complexity index is 1160. The smallest absolute Gasteiger partial charge is 0.327 e. The van der Waals surface area contributed by atoms with Crippen molar-refractivity contribution in [3.05, 3.63) is 64.7 Å². The topological polar surface area (TPSA) is 171 Å². The summed E-state index contributed by atoms with van der Waals surface area (Å²) in [7, 11) is 2.41. The van der Waals surface area contributed by atoms with Crippen molar-refractivity contribution >= 4 is 45.3 Å². The number of aliphatic carboxylic acids is 1. The number of amides is 3. The van der Waals surface area contributed by atoms with Crippen LogP contribution >= 0.6 is 21.6 Å². The molecule has 0 spiro atoms. The molecule has 4 atom stereocenters. The lowest BCUT2D eigenvalue weighted by Crippen LogP contribution is -2.58. The number of carboxylic acids is 1. The third-order valence-electron chi connectivity index (χ3n) is 6.16. The lowest BCUT2D eigenvalue weighted by Gasteiger charge is -2.24. The Morgan fingerprint density at radius 1 is 1.05 bits per heavy atom. The van der Waals surface area contributed by atoms with Crippen LogP contribution < -0.4 is 21.7 Å². The summed E-state index contributed by atoms with van der Waals surface area (Å²) < 4.78 is 0. The van der Waals surface area contributed by atoms with Gasteiger partial charge in [0.1, 0.15) is 23.9 Å². The molecule has 3 rings (SSSR count). The van der Waals surface area contributed by atoms with Crippen molar-refractivity contribution in [2.75, 3.05) is 11.5 Å². The Balaban J connectivity index is 1.77. The van der Waals surface area contributed by atoms with E-state index in [4.69, 9.17) is 5.73 Å².